The van der Waals surface area contributed by atoms with E-state index in [1.54, 1.807) is 12.3 Å². The lowest BCUT2D eigenvalue weighted by Gasteiger charge is -2.24. The highest BCUT2D eigenvalue weighted by molar-refractivity contribution is 5.74. The minimum Gasteiger partial charge on any atom is -0.459 e. The van der Waals surface area contributed by atoms with E-state index in [0.717, 1.165) is 12.0 Å². The average molecular weight is 277 g/mol. The smallest absolute Gasteiger partial charge is 0.328 e. The molecule has 3 nitrogen and oxygen atoms in total. The van der Waals surface area contributed by atoms with Crippen LogP contribution in [0.25, 0.3) is 0 Å². The number of hydrogen-bond donors (Lipinski definition) is 0. The van der Waals surface area contributed by atoms with E-state index < -0.39 is 5.60 Å². The van der Waals surface area contributed by atoms with Crippen LogP contribution in [0.15, 0.2) is 42.0 Å². The molecule has 0 bridgehead atoms. The Morgan fingerprint density at radius 2 is 1.80 bits per heavy atom. The summed E-state index contributed by atoms with van der Waals surface area (Å²) in [7, 11) is 0. The molecule has 0 radical (unpaired) electrons. The van der Waals surface area contributed by atoms with Gasteiger partial charge in [0.25, 0.3) is 0 Å². The molecule has 0 amide bonds. The average Bonchev–Trinajstić information content (AvgIpc) is 2.29. The van der Waals surface area contributed by atoms with E-state index in [1.807, 2.05) is 32.9 Å². The maximum atomic E-state index is 11.5. The molecule has 0 N–H and O–H groups in total. The minimum absolute atomic E-state index is 0.0575. The lowest BCUT2D eigenvalue weighted by molar-refractivity contribution is -0.152. The van der Waals surface area contributed by atoms with Gasteiger partial charge in [0.15, 0.2) is 0 Å². The summed E-state index contributed by atoms with van der Waals surface area (Å²) < 4.78 is 5.18. The predicted octanol–water partition coefficient (Wildman–Crippen LogP) is 4.11. The van der Waals surface area contributed by atoms with Gasteiger partial charge in [0.1, 0.15) is 12.1 Å². The Kier molecular flexibility index (Phi) is 7.19. The molecule has 0 rings (SSSR count). The van der Waals surface area contributed by atoms with E-state index in [9.17, 15) is 4.79 Å². The molecule has 0 aliphatic heterocycles. The standard InChI is InChI=1S/C17H27NO2/c1-8-10-14(9-2)17(6,7)11-12-18-13-15(19)20-16(3,4)5/h8-10,12H,1-2,11,13H2,3-7H3/b14-10+,18-12?. The van der Waals surface area contributed by atoms with E-state index in [0.29, 0.717) is 0 Å². The number of rotatable bonds is 7. The fourth-order valence-electron chi connectivity index (χ4n) is 1.62. The molecule has 0 aromatic rings. The first-order valence-corrected chi connectivity index (χ1v) is 6.78. The van der Waals surface area contributed by atoms with Crippen LogP contribution < -0.4 is 0 Å². The normalized spacial score (nSPS) is 13.3. The van der Waals surface area contributed by atoms with Crippen LogP contribution in [-0.2, 0) is 9.53 Å². The maximum Gasteiger partial charge on any atom is 0.328 e. The van der Waals surface area contributed by atoms with Crippen molar-refractivity contribution in [2.45, 2.75) is 46.6 Å². The molecule has 0 aromatic carbocycles. The molecule has 0 aromatic heterocycles. The second-order valence-corrected chi connectivity index (χ2v) is 6.26. The number of esters is 1. The van der Waals surface area contributed by atoms with Gasteiger partial charge < -0.3 is 4.74 Å². The van der Waals surface area contributed by atoms with Crippen LogP contribution in [0, 0.1) is 5.41 Å². The fraction of sp³-hybridized carbons (Fsp3) is 0.529. The topological polar surface area (TPSA) is 38.7 Å². The van der Waals surface area contributed by atoms with Crippen molar-refractivity contribution in [2.75, 3.05) is 6.54 Å². The summed E-state index contributed by atoms with van der Waals surface area (Å²) in [5.74, 6) is -0.308. The first kappa shape index (κ1) is 18.4. The Morgan fingerprint density at radius 1 is 1.20 bits per heavy atom. The summed E-state index contributed by atoms with van der Waals surface area (Å²) >= 11 is 0. The lowest BCUT2D eigenvalue weighted by Crippen LogP contribution is -2.25. The van der Waals surface area contributed by atoms with E-state index in [1.165, 1.54) is 0 Å². The Morgan fingerprint density at radius 3 is 2.25 bits per heavy atom. The highest BCUT2D eigenvalue weighted by Crippen LogP contribution is 2.30. The summed E-state index contributed by atoms with van der Waals surface area (Å²) in [4.78, 5) is 15.6. The zero-order chi connectivity index (χ0) is 15.8. The van der Waals surface area contributed by atoms with Crippen LogP contribution in [0.5, 0.6) is 0 Å². The van der Waals surface area contributed by atoms with Crippen molar-refractivity contribution < 1.29 is 9.53 Å². The van der Waals surface area contributed by atoms with Gasteiger partial charge in [-0.15, -0.1) is 0 Å². The van der Waals surface area contributed by atoms with Crippen LogP contribution >= 0.6 is 0 Å². The first-order chi connectivity index (χ1) is 9.12. The molecular weight excluding hydrogens is 250 g/mol. The molecule has 0 heterocycles. The van der Waals surface area contributed by atoms with Gasteiger partial charge in [0.05, 0.1) is 0 Å². The Hall–Kier alpha value is -1.64. The van der Waals surface area contributed by atoms with Crippen molar-refractivity contribution in [1.29, 1.82) is 0 Å². The quantitative estimate of drug-likeness (QED) is 0.399. The van der Waals surface area contributed by atoms with Crippen molar-refractivity contribution in [2.24, 2.45) is 10.4 Å². The molecule has 0 fully saturated rings. The number of allylic oxidation sites excluding steroid dienone is 4. The zero-order valence-corrected chi connectivity index (χ0v) is 13.4. The molecule has 0 aliphatic rings. The van der Waals surface area contributed by atoms with Crippen LogP contribution in [-0.4, -0.2) is 24.3 Å². The predicted molar refractivity (Wildman–Crippen MR) is 86.1 cm³/mol. The highest BCUT2D eigenvalue weighted by Gasteiger charge is 2.19. The number of carbonyl (C=O) groups is 1. The number of carbonyl (C=O) groups excluding carboxylic acids is 1. The SMILES string of the molecule is C=C/C=C(\C=C)C(C)(C)CC=NCC(=O)OC(C)(C)C. The minimum atomic E-state index is -0.464. The monoisotopic (exact) mass is 277 g/mol. The van der Waals surface area contributed by atoms with E-state index in [2.05, 4.69) is 32.0 Å². The fourth-order valence-corrected chi connectivity index (χ4v) is 1.62. The molecule has 3 heteroatoms. The number of nitrogens with zero attached hydrogens (tertiary/aromatic N) is 1. The van der Waals surface area contributed by atoms with Gasteiger partial charge in [0.2, 0.25) is 0 Å². The summed E-state index contributed by atoms with van der Waals surface area (Å²) in [6.07, 6.45) is 8.00. The number of ether oxygens (including phenoxy) is 1. The molecule has 0 unspecified atom stereocenters. The van der Waals surface area contributed by atoms with Gasteiger partial charge in [-0.1, -0.05) is 45.2 Å². The maximum absolute atomic E-state index is 11.5. The van der Waals surface area contributed by atoms with E-state index in [4.69, 9.17) is 4.74 Å². The summed E-state index contributed by atoms with van der Waals surface area (Å²) in [5.41, 5.74) is 0.540. The van der Waals surface area contributed by atoms with Gasteiger partial charge in [-0.05, 0) is 38.2 Å². The molecule has 20 heavy (non-hydrogen) atoms. The third-order valence-corrected chi connectivity index (χ3v) is 2.67. The third kappa shape index (κ3) is 7.72. The van der Waals surface area contributed by atoms with Gasteiger partial charge in [-0.2, -0.15) is 0 Å². The van der Waals surface area contributed by atoms with Gasteiger partial charge in [-0.25, -0.2) is 0 Å². The Bertz CT molecular complexity index is 409. The van der Waals surface area contributed by atoms with Crippen molar-refractivity contribution in [3.63, 3.8) is 0 Å². The summed E-state index contributed by atoms with van der Waals surface area (Å²) in [6.45, 7) is 17.3. The number of hydrogen-bond acceptors (Lipinski definition) is 3. The van der Waals surface area contributed by atoms with Crippen LogP contribution in [0.2, 0.25) is 0 Å². The molecular formula is C17H27NO2. The van der Waals surface area contributed by atoms with E-state index >= 15 is 0 Å². The Balaban J connectivity index is 4.44. The molecule has 0 atom stereocenters. The van der Waals surface area contributed by atoms with Gasteiger partial charge in [-0.3, -0.25) is 9.79 Å². The zero-order valence-electron chi connectivity index (χ0n) is 13.4. The molecule has 0 spiro atoms. The van der Waals surface area contributed by atoms with Crippen LogP contribution in [0.4, 0.5) is 0 Å². The van der Waals surface area contributed by atoms with Crippen molar-refractivity contribution in [3.05, 3.63) is 37.0 Å². The summed E-state index contributed by atoms with van der Waals surface area (Å²) in [5, 5.41) is 0. The lowest BCUT2D eigenvalue weighted by atomic mass is 9.81. The molecule has 0 aliphatic carbocycles. The second kappa shape index (κ2) is 7.83. The highest BCUT2D eigenvalue weighted by atomic mass is 16.6. The molecule has 0 saturated carbocycles. The number of aliphatic imine (C=N–C) groups is 1. The first-order valence-electron chi connectivity index (χ1n) is 6.78. The molecule has 0 saturated heterocycles. The Labute approximate surface area is 123 Å². The van der Waals surface area contributed by atoms with Crippen molar-refractivity contribution in [1.82, 2.24) is 0 Å². The van der Waals surface area contributed by atoms with Crippen LogP contribution in [0.3, 0.4) is 0 Å². The van der Waals surface area contributed by atoms with Crippen molar-refractivity contribution in [3.8, 4) is 0 Å². The van der Waals surface area contributed by atoms with E-state index in [-0.39, 0.29) is 17.9 Å². The second-order valence-electron chi connectivity index (χ2n) is 6.26. The van der Waals surface area contributed by atoms with Crippen LogP contribution in [0.1, 0.15) is 41.0 Å². The molecule has 112 valence electrons. The van der Waals surface area contributed by atoms with Gasteiger partial charge >= 0.3 is 5.97 Å². The third-order valence-electron chi connectivity index (χ3n) is 2.67. The summed E-state index contributed by atoms with van der Waals surface area (Å²) in [6, 6.07) is 0. The largest absolute Gasteiger partial charge is 0.459 e. The van der Waals surface area contributed by atoms with Gasteiger partial charge in [0, 0.05) is 6.21 Å². The van der Waals surface area contributed by atoms with Crippen molar-refractivity contribution >= 4 is 12.2 Å².